The van der Waals surface area contributed by atoms with Crippen molar-refractivity contribution >= 4 is 17.9 Å². The number of aliphatic imine (C=N–C) groups is 1. The van der Waals surface area contributed by atoms with Gasteiger partial charge in [0.1, 0.15) is 11.5 Å². The maximum Gasteiger partial charge on any atom is 0.311 e. The van der Waals surface area contributed by atoms with E-state index in [-0.39, 0.29) is 11.7 Å². The Morgan fingerprint density at radius 2 is 1.64 bits per heavy atom. The molecule has 0 aliphatic rings. The average Bonchev–Trinajstić information content (AvgIpc) is 2.82. The van der Waals surface area contributed by atoms with Crippen molar-refractivity contribution in [2.45, 2.75) is 84.0 Å². The number of nitriles is 1. The van der Waals surface area contributed by atoms with Gasteiger partial charge in [0.2, 0.25) is 0 Å². The molecule has 2 rings (SSSR count). The lowest BCUT2D eigenvalue weighted by molar-refractivity contribution is -0.134. The molecule has 2 aromatic rings. The highest BCUT2D eigenvalue weighted by Crippen LogP contribution is 2.24. The van der Waals surface area contributed by atoms with E-state index in [0.717, 1.165) is 19.3 Å². The highest BCUT2D eigenvalue weighted by molar-refractivity contribution is 5.86. The molecule has 2 aromatic carbocycles. The maximum absolute atomic E-state index is 12.1. The van der Waals surface area contributed by atoms with Crippen LogP contribution in [0.1, 0.15) is 95.1 Å². The van der Waals surface area contributed by atoms with Gasteiger partial charge in [-0.2, -0.15) is 5.26 Å². The number of benzene rings is 2. The van der Waals surface area contributed by atoms with E-state index in [2.05, 4.69) is 18.0 Å². The molecule has 0 saturated heterocycles. The summed E-state index contributed by atoms with van der Waals surface area (Å²) in [7, 11) is 0. The van der Waals surface area contributed by atoms with Crippen LogP contribution in [0, 0.1) is 11.3 Å². The van der Waals surface area contributed by atoms with E-state index < -0.39 is 0 Å². The number of ether oxygens (including phenoxy) is 1. The Balaban J connectivity index is 1.65. The molecule has 0 atom stereocenters. The number of hydrogen-bond acceptors (Lipinski definition) is 5. The van der Waals surface area contributed by atoms with Gasteiger partial charge in [-0.3, -0.25) is 9.79 Å². The molecule has 0 amide bonds. The molecule has 176 valence electrons. The van der Waals surface area contributed by atoms with Crippen LogP contribution in [0.3, 0.4) is 0 Å². The van der Waals surface area contributed by atoms with E-state index in [0.29, 0.717) is 29.0 Å². The van der Waals surface area contributed by atoms with Crippen molar-refractivity contribution in [3.63, 3.8) is 0 Å². The third-order valence-electron chi connectivity index (χ3n) is 5.55. The molecule has 1 N–H and O–H groups in total. The molecule has 0 bridgehead atoms. The molecule has 0 radical (unpaired) electrons. The van der Waals surface area contributed by atoms with Gasteiger partial charge in [0.05, 0.1) is 17.3 Å². The van der Waals surface area contributed by atoms with Crippen molar-refractivity contribution in [3.8, 4) is 17.6 Å². The molecule has 0 aliphatic heterocycles. The Kier molecular flexibility index (Phi) is 12.4. The summed E-state index contributed by atoms with van der Waals surface area (Å²) >= 11 is 0. The van der Waals surface area contributed by atoms with Crippen LogP contribution in [0.4, 0.5) is 5.69 Å². The van der Waals surface area contributed by atoms with Crippen LogP contribution >= 0.6 is 0 Å². The minimum absolute atomic E-state index is 0.0184. The number of phenolic OH excluding ortho intramolecular Hbond substituents is 1. The lowest BCUT2D eigenvalue weighted by Gasteiger charge is -2.06. The number of nitrogens with zero attached hydrogens (tertiary/aromatic N) is 2. The number of esters is 1. The van der Waals surface area contributed by atoms with Crippen LogP contribution in [0.2, 0.25) is 0 Å². The highest BCUT2D eigenvalue weighted by Gasteiger charge is 2.07. The third kappa shape index (κ3) is 10.8. The molecule has 5 nitrogen and oxygen atoms in total. The lowest BCUT2D eigenvalue weighted by atomic mass is 10.1. The van der Waals surface area contributed by atoms with Gasteiger partial charge < -0.3 is 9.84 Å². The monoisotopic (exact) mass is 448 g/mol. The number of unbranched alkanes of at least 4 members (excludes halogenated alkanes) is 10. The second-order valence-corrected chi connectivity index (χ2v) is 8.40. The van der Waals surface area contributed by atoms with Crippen LogP contribution in [0.15, 0.2) is 47.5 Å². The minimum Gasteiger partial charge on any atom is -0.507 e. The van der Waals surface area contributed by atoms with E-state index in [1.807, 2.05) is 0 Å². The SMILES string of the molecule is CCCCCCCCCCCCCC(=O)Oc1ccc(C=Nc2cccc(C#N)c2)c(O)c1. The summed E-state index contributed by atoms with van der Waals surface area (Å²) in [5.74, 6) is 0.0273. The molecule has 0 saturated carbocycles. The molecule has 0 aliphatic carbocycles. The molecule has 0 fully saturated rings. The molecule has 0 heterocycles. The normalized spacial score (nSPS) is 10.9. The van der Waals surface area contributed by atoms with E-state index in [1.54, 1.807) is 36.4 Å². The fraction of sp³-hybridized carbons (Fsp3) is 0.464. The molecule has 0 spiro atoms. The fourth-order valence-corrected chi connectivity index (χ4v) is 3.61. The van der Waals surface area contributed by atoms with E-state index in [4.69, 9.17) is 10.00 Å². The second kappa shape index (κ2) is 15.6. The Labute approximate surface area is 198 Å². The molecule has 33 heavy (non-hydrogen) atoms. The molecule has 5 heteroatoms. The predicted octanol–water partition coefficient (Wildman–Crippen LogP) is 7.62. The average molecular weight is 449 g/mol. The van der Waals surface area contributed by atoms with Gasteiger partial charge >= 0.3 is 5.97 Å². The van der Waals surface area contributed by atoms with Gasteiger partial charge in [0.25, 0.3) is 0 Å². The highest BCUT2D eigenvalue weighted by atomic mass is 16.5. The van der Waals surface area contributed by atoms with Gasteiger partial charge in [0.15, 0.2) is 0 Å². The quantitative estimate of drug-likeness (QED) is 0.131. The topological polar surface area (TPSA) is 82.7 Å². The summed E-state index contributed by atoms with van der Waals surface area (Å²) in [4.78, 5) is 16.4. The minimum atomic E-state index is -0.278. The summed E-state index contributed by atoms with van der Waals surface area (Å²) in [6.45, 7) is 2.24. The third-order valence-corrected chi connectivity index (χ3v) is 5.55. The zero-order chi connectivity index (χ0) is 23.7. The van der Waals surface area contributed by atoms with E-state index >= 15 is 0 Å². The van der Waals surface area contributed by atoms with Crippen LogP contribution in [-0.2, 0) is 4.79 Å². The number of carbonyl (C=O) groups excluding carboxylic acids is 1. The Hall–Kier alpha value is -3.13. The van der Waals surface area contributed by atoms with Crippen molar-refractivity contribution in [3.05, 3.63) is 53.6 Å². The largest absolute Gasteiger partial charge is 0.507 e. The van der Waals surface area contributed by atoms with Crippen LogP contribution in [-0.4, -0.2) is 17.3 Å². The molecular formula is C28H36N2O3. The van der Waals surface area contributed by atoms with Gasteiger partial charge in [-0.05, 0) is 36.8 Å². The first kappa shape index (κ1) is 26.1. The standard InChI is InChI=1S/C28H36N2O3/c1-2-3-4-5-6-7-8-9-10-11-12-16-28(32)33-26-18-17-24(27(31)20-26)22-30-25-15-13-14-23(19-25)21-29/h13-15,17-20,22,31H,2-12,16H2,1H3. The van der Waals surface area contributed by atoms with Gasteiger partial charge in [0, 0.05) is 24.3 Å². The molecular weight excluding hydrogens is 412 g/mol. The number of aromatic hydroxyl groups is 1. The van der Waals surface area contributed by atoms with Gasteiger partial charge in [-0.1, -0.05) is 77.2 Å². The van der Waals surface area contributed by atoms with Crippen molar-refractivity contribution in [1.29, 1.82) is 5.26 Å². The zero-order valence-corrected chi connectivity index (χ0v) is 19.8. The fourth-order valence-electron chi connectivity index (χ4n) is 3.61. The lowest BCUT2D eigenvalue weighted by Crippen LogP contribution is -2.07. The first-order valence-electron chi connectivity index (χ1n) is 12.2. The molecule has 0 unspecified atom stereocenters. The van der Waals surface area contributed by atoms with Crippen LogP contribution < -0.4 is 4.74 Å². The summed E-state index contributed by atoms with van der Waals surface area (Å²) in [6, 6.07) is 13.7. The van der Waals surface area contributed by atoms with Gasteiger partial charge in [-0.15, -0.1) is 0 Å². The Morgan fingerprint density at radius 3 is 2.27 bits per heavy atom. The van der Waals surface area contributed by atoms with Crippen LogP contribution in [0.5, 0.6) is 11.5 Å². The number of carbonyl (C=O) groups is 1. The summed E-state index contributed by atoms with van der Waals surface area (Å²) in [6.07, 6.45) is 15.5. The maximum atomic E-state index is 12.1. The van der Waals surface area contributed by atoms with Crippen molar-refractivity contribution < 1.29 is 14.6 Å². The number of phenols is 1. The second-order valence-electron chi connectivity index (χ2n) is 8.40. The summed E-state index contributed by atoms with van der Waals surface area (Å²) < 4.78 is 5.36. The smallest absolute Gasteiger partial charge is 0.311 e. The summed E-state index contributed by atoms with van der Waals surface area (Å²) in [5, 5.41) is 19.2. The first-order chi connectivity index (χ1) is 16.1. The first-order valence-corrected chi connectivity index (χ1v) is 12.2. The van der Waals surface area contributed by atoms with Gasteiger partial charge in [-0.25, -0.2) is 0 Å². The summed E-state index contributed by atoms with van der Waals surface area (Å²) in [5.41, 5.74) is 1.65. The van der Waals surface area contributed by atoms with E-state index in [9.17, 15) is 9.90 Å². The number of rotatable bonds is 15. The van der Waals surface area contributed by atoms with Crippen molar-refractivity contribution in [2.75, 3.05) is 0 Å². The van der Waals surface area contributed by atoms with Crippen molar-refractivity contribution in [2.24, 2.45) is 4.99 Å². The zero-order valence-electron chi connectivity index (χ0n) is 19.8. The number of hydrogen-bond donors (Lipinski definition) is 1. The predicted molar refractivity (Wildman–Crippen MR) is 133 cm³/mol. The van der Waals surface area contributed by atoms with Crippen LogP contribution in [0.25, 0.3) is 0 Å². The van der Waals surface area contributed by atoms with Crippen molar-refractivity contribution in [1.82, 2.24) is 0 Å². The molecule has 0 aromatic heterocycles. The Morgan fingerprint density at radius 1 is 0.970 bits per heavy atom. The Bertz CT molecular complexity index is 931. The van der Waals surface area contributed by atoms with E-state index in [1.165, 1.54) is 63.6 Å².